The van der Waals surface area contributed by atoms with E-state index < -0.39 is 12.1 Å². The summed E-state index contributed by atoms with van der Waals surface area (Å²) in [5.74, 6) is 0. The summed E-state index contributed by atoms with van der Waals surface area (Å²) in [6.07, 6.45) is -2.72. The van der Waals surface area contributed by atoms with Crippen molar-refractivity contribution in [3.05, 3.63) is 27.5 Å². The maximum Gasteiger partial charge on any atom is 0.281 e. The molecule has 0 spiro atoms. The van der Waals surface area contributed by atoms with Gasteiger partial charge in [-0.2, -0.15) is 5.26 Å². The molecule has 0 bridgehead atoms. The molecule has 0 fully saturated rings. The molecule has 1 rings (SSSR count). The maximum atomic E-state index is 12.3. The molecule has 0 aliphatic carbocycles. The van der Waals surface area contributed by atoms with E-state index in [9.17, 15) is 8.78 Å². The Morgan fingerprint density at radius 1 is 1.62 bits per heavy atom. The quantitative estimate of drug-likeness (QED) is 0.715. The predicted octanol–water partition coefficient (Wildman–Crippen LogP) is 2.96. The highest BCUT2D eigenvalue weighted by atomic mass is 79.9. The van der Waals surface area contributed by atoms with Crippen molar-refractivity contribution >= 4 is 15.9 Å². The Morgan fingerprint density at radius 3 is 2.69 bits per heavy atom. The zero-order valence-corrected chi connectivity index (χ0v) is 8.27. The molecular formula is C8H5BrF2N2. The smallest absolute Gasteiger partial charge is 0.238 e. The summed E-state index contributed by atoms with van der Waals surface area (Å²) in [6.45, 7) is 1.69. The average Bonchev–Trinajstić information content (AvgIpc) is 2.08. The first kappa shape index (κ1) is 10.1. The van der Waals surface area contributed by atoms with Crippen LogP contribution in [-0.4, -0.2) is 4.98 Å². The number of alkyl halides is 2. The summed E-state index contributed by atoms with van der Waals surface area (Å²) in [4.78, 5) is 3.59. The van der Waals surface area contributed by atoms with Gasteiger partial charge in [0.15, 0.2) is 0 Å². The van der Waals surface area contributed by atoms with E-state index in [1.807, 2.05) is 0 Å². The van der Waals surface area contributed by atoms with E-state index in [0.717, 1.165) is 0 Å². The summed E-state index contributed by atoms with van der Waals surface area (Å²) in [5, 5.41) is 8.54. The van der Waals surface area contributed by atoms with Crippen LogP contribution in [0.3, 0.4) is 0 Å². The average molecular weight is 247 g/mol. The van der Waals surface area contributed by atoms with E-state index in [1.54, 1.807) is 13.0 Å². The van der Waals surface area contributed by atoms with E-state index in [0.29, 0.717) is 10.2 Å². The molecule has 13 heavy (non-hydrogen) atoms. The van der Waals surface area contributed by atoms with Crippen molar-refractivity contribution in [1.82, 2.24) is 4.98 Å². The zero-order chi connectivity index (χ0) is 10.0. The van der Waals surface area contributed by atoms with E-state index in [1.165, 1.54) is 6.07 Å². The molecule has 0 unspecified atom stereocenters. The topological polar surface area (TPSA) is 36.7 Å². The Labute approximate surface area is 82.3 Å². The summed E-state index contributed by atoms with van der Waals surface area (Å²) >= 11 is 3.02. The molecule has 2 nitrogen and oxygen atoms in total. The largest absolute Gasteiger partial charge is 0.281 e. The first-order chi connectivity index (χ1) is 6.06. The van der Waals surface area contributed by atoms with Crippen molar-refractivity contribution in [1.29, 1.82) is 5.26 Å². The van der Waals surface area contributed by atoms with Crippen LogP contribution in [0.15, 0.2) is 10.7 Å². The van der Waals surface area contributed by atoms with Gasteiger partial charge in [-0.15, -0.1) is 0 Å². The third kappa shape index (κ3) is 2.01. The summed E-state index contributed by atoms with van der Waals surface area (Å²) in [5.41, 5.74) is 0.122. The van der Waals surface area contributed by atoms with E-state index >= 15 is 0 Å². The SMILES string of the molecule is Cc1cc(C#N)c(C(F)F)nc1Br. The van der Waals surface area contributed by atoms with Crippen molar-refractivity contribution < 1.29 is 8.78 Å². The van der Waals surface area contributed by atoms with Gasteiger partial charge < -0.3 is 0 Å². The third-order valence-corrected chi connectivity index (χ3v) is 2.31. The lowest BCUT2D eigenvalue weighted by molar-refractivity contribution is 0.145. The fraction of sp³-hybridized carbons (Fsp3) is 0.250. The van der Waals surface area contributed by atoms with E-state index in [4.69, 9.17) is 5.26 Å². The number of hydrogen-bond donors (Lipinski definition) is 0. The van der Waals surface area contributed by atoms with Gasteiger partial charge in [0.05, 0.1) is 5.56 Å². The van der Waals surface area contributed by atoms with Crippen molar-refractivity contribution in [2.24, 2.45) is 0 Å². The van der Waals surface area contributed by atoms with Crippen LogP contribution in [0.5, 0.6) is 0 Å². The monoisotopic (exact) mass is 246 g/mol. The molecule has 68 valence electrons. The predicted molar refractivity (Wildman–Crippen MR) is 46.3 cm³/mol. The number of nitriles is 1. The maximum absolute atomic E-state index is 12.3. The van der Waals surface area contributed by atoms with Crippen LogP contribution in [0.2, 0.25) is 0 Å². The molecule has 1 aromatic heterocycles. The molecule has 0 atom stereocenters. The molecule has 0 saturated carbocycles. The molecule has 1 aromatic rings. The van der Waals surface area contributed by atoms with E-state index in [2.05, 4.69) is 20.9 Å². The van der Waals surface area contributed by atoms with Gasteiger partial charge in [-0.1, -0.05) is 0 Å². The fourth-order valence-corrected chi connectivity index (χ4v) is 1.17. The van der Waals surface area contributed by atoms with Crippen LogP contribution in [0.4, 0.5) is 8.78 Å². The Bertz CT molecular complexity index is 371. The zero-order valence-electron chi connectivity index (χ0n) is 6.68. The number of halogens is 3. The Morgan fingerprint density at radius 2 is 2.23 bits per heavy atom. The lowest BCUT2D eigenvalue weighted by atomic mass is 10.1. The van der Waals surface area contributed by atoms with Crippen LogP contribution in [0.1, 0.15) is 23.2 Å². The van der Waals surface area contributed by atoms with Crippen molar-refractivity contribution in [2.45, 2.75) is 13.3 Å². The fourth-order valence-electron chi connectivity index (χ4n) is 0.860. The normalized spacial score (nSPS) is 10.2. The van der Waals surface area contributed by atoms with E-state index in [-0.39, 0.29) is 5.56 Å². The molecule has 0 saturated heterocycles. The molecule has 5 heteroatoms. The lowest BCUT2D eigenvalue weighted by Gasteiger charge is -2.04. The lowest BCUT2D eigenvalue weighted by Crippen LogP contribution is -1.97. The summed E-state index contributed by atoms with van der Waals surface area (Å²) < 4.78 is 24.9. The highest BCUT2D eigenvalue weighted by Crippen LogP contribution is 2.24. The highest BCUT2D eigenvalue weighted by Gasteiger charge is 2.16. The standard InChI is InChI=1S/C8H5BrF2N2/c1-4-2-5(3-12)6(8(10)11)13-7(4)9/h2,8H,1H3. The number of nitrogens with zero attached hydrogens (tertiary/aromatic N) is 2. The van der Waals surface area contributed by atoms with Gasteiger partial charge in [0.2, 0.25) is 0 Å². The second-order valence-electron chi connectivity index (χ2n) is 2.44. The minimum atomic E-state index is -2.72. The van der Waals surface area contributed by atoms with Gasteiger partial charge in [0.1, 0.15) is 16.4 Å². The Hall–Kier alpha value is -1.02. The van der Waals surface area contributed by atoms with Crippen molar-refractivity contribution in [2.75, 3.05) is 0 Å². The first-order valence-electron chi connectivity index (χ1n) is 3.41. The van der Waals surface area contributed by atoms with Gasteiger partial charge in [-0.05, 0) is 34.5 Å². The minimum absolute atomic E-state index is 0.0734. The van der Waals surface area contributed by atoms with Crippen molar-refractivity contribution in [3.63, 3.8) is 0 Å². The van der Waals surface area contributed by atoms with Gasteiger partial charge >= 0.3 is 0 Å². The molecule has 0 radical (unpaired) electrons. The second kappa shape index (κ2) is 3.79. The molecular weight excluding hydrogens is 242 g/mol. The van der Waals surface area contributed by atoms with Crippen LogP contribution in [-0.2, 0) is 0 Å². The minimum Gasteiger partial charge on any atom is -0.238 e. The molecule has 1 heterocycles. The molecule has 0 aliphatic rings. The second-order valence-corrected chi connectivity index (χ2v) is 3.19. The van der Waals surface area contributed by atoms with Crippen LogP contribution >= 0.6 is 15.9 Å². The summed E-state index contributed by atoms with van der Waals surface area (Å²) in [7, 11) is 0. The molecule has 0 aromatic carbocycles. The molecule has 0 amide bonds. The van der Waals surface area contributed by atoms with Gasteiger partial charge in [0, 0.05) is 0 Å². The van der Waals surface area contributed by atoms with Gasteiger partial charge in [0.25, 0.3) is 6.43 Å². The summed E-state index contributed by atoms with van der Waals surface area (Å²) in [6, 6.07) is 3.07. The van der Waals surface area contributed by atoms with Crippen LogP contribution in [0.25, 0.3) is 0 Å². The highest BCUT2D eigenvalue weighted by molar-refractivity contribution is 9.10. The van der Waals surface area contributed by atoms with Gasteiger partial charge in [-0.3, -0.25) is 0 Å². The number of hydrogen-bond acceptors (Lipinski definition) is 2. The van der Waals surface area contributed by atoms with Crippen LogP contribution < -0.4 is 0 Å². The number of aryl methyl sites for hydroxylation is 1. The van der Waals surface area contributed by atoms with Gasteiger partial charge in [-0.25, -0.2) is 13.8 Å². The number of aromatic nitrogens is 1. The number of rotatable bonds is 1. The Balaban J connectivity index is 3.35. The third-order valence-electron chi connectivity index (χ3n) is 1.51. The van der Waals surface area contributed by atoms with Crippen LogP contribution in [0, 0.1) is 18.3 Å². The molecule has 0 N–H and O–H groups in total. The Kier molecular flexibility index (Phi) is 2.94. The van der Waals surface area contributed by atoms with Crippen molar-refractivity contribution in [3.8, 4) is 6.07 Å². The first-order valence-corrected chi connectivity index (χ1v) is 4.21. The molecule has 0 aliphatic heterocycles. The number of pyridine rings is 1.